The molecule has 144 valence electrons. The number of pyridine rings is 1. The molecule has 0 saturated heterocycles. The van der Waals surface area contributed by atoms with Gasteiger partial charge in [-0.3, -0.25) is 14.6 Å². The van der Waals surface area contributed by atoms with Crippen molar-refractivity contribution >= 4 is 28.3 Å². The molecule has 7 heteroatoms. The summed E-state index contributed by atoms with van der Waals surface area (Å²) >= 11 is 1.39. The maximum Gasteiger partial charge on any atom is 0.253 e. The molecule has 2 aromatic heterocycles. The molecule has 0 fully saturated rings. The van der Waals surface area contributed by atoms with Crippen LogP contribution in [0.25, 0.3) is 0 Å². The molecule has 1 atom stereocenters. The highest BCUT2D eigenvalue weighted by Crippen LogP contribution is 2.17. The maximum absolute atomic E-state index is 12.9. The second-order valence-electron chi connectivity index (χ2n) is 6.34. The molecule has 3 aromatic rings. The summed E-state index contributed by atoms with van der Waals surface area (Å²) in [7, 11) is 0. The number of rotatable bonds is 8. The highest BCUT2D eigenvalue weighted by atomic mass is 32.1. The number of benzene rings is 1. The van der Waals surface area contributed by atoms with Crippen LogP contribution in [0.3, 0.4) is 0 Å². The molecule has 0 saturated carbocycles. The standard InChI is InChI=1S/C21H22N4O2S/c1-2-7-17-14-28-21(23-17)25-20(27)18(12-15-8-4-3-5-9-15)24-19(26)16-10-6-11-22-13-16/h3-6,8-11,13-14,18H,2,7,12H2,1H3,(H,24,26)(H,23,25,27)/t18-/m0/s1. The molecule has 2 N–H and O–H groups in total. The topological polar surface area (TPSA) is 84.0 Å². The number of thiazole rings is 1. The molecular formula is C21H22N4O2S. The van der Waals surface area contributed by atoms with Crippen LogP contribution in [0, 0.1) is 0 Å². The van der Waals surface area contributed by atoms with E-state index in [1.54, 1.807) is 18.3 Å². The van der Waals surface area contributed by atoms with Gasteiger partial charge >= 0.3 is 0 Å². The number of aromatic nitrogens is 2. The second-order valence-corrected chi connectivity index (χ2v) is 7.20. The van der Waals surface area contributed by atoms with Crippen LogP contribution in [0.4, 0.5) is 5.13 Å². The van der Waals surface area contributed by atoms with Crippen molar-refractivity contribution < 1.29 is 9.59 Å². The van der Waals surface area contributed by atoms with Crippen molar-refractivity contribution in [2.24, 2.45) is 0 Å². The fourth-order valence-electron chi connectivity index (χ4n) is 2.73. The molecular weight excluding hydrogens is 372 g/mol. The number of nitrogens with zero attached hydrogens (tertiary/aromatic N) is 2. The lowest BCUT2D eigenvalue weighted by molar-refractivity contribution is -0.118. The zero-order chi connectivity index (χ0) is 19.8. The minimum Gasteiger partial charge on any atom is -0.340 e. The molecule has 0 aliphatic rings. The van der Waals surface area contributed by atoms with Gasteiger partial charge in [-0.15, -0.1) is 11.3 Å². The lowest BCUT2D eigenvalue weighted by Crippen LogP contribution is -2.45. The van der Waals surface area contributed by atoms with Crippen LogP contribution in [-0.2, 0) is 17.6 Å². The van der Waals surface area contributed by atoms with Gasteiger partial charge in [0.1, 0.15) is 6.04 Å². The third-order valence-electron chi connectivity index (χ3n) is 4.12. The molecule has 6 nitrogen and oxygen atoms in total. The quantitative estimate of drug-likeness (QED) is 0.613. The average molecular weight is 395 g/mol. The Morgan fingerprint density at radius 3 is 2.68 bits per heavy atom. The van der Waals surface area contributed by atoms with E-state index in [1.807, 2.05) is 35.7 Å². The Hall–Kier alpha value is -3.06. The van der Waals surface area contributed by atoms with Crippen LogP contribution in [-0.4, -0.2) is 27.8 Å². The third-order valence-corrected chi connectivity index (χ3v) is 4.92. The number of carbonyl (C=O) groups is 2. The Kier molecular flexibility index (Phi) is 6.86. The van der Waals surface area contributed by atoms with Crippen molar-refractivity contribution in [2.45, 2.75) is 32.2 Å². The summed E-state index contributed by atoms with van der Waals surface area (Å²) in [5.41, 5.74) is 2.33. The zero-order valence-electron chi connectivity index (χ0n) is 15.6. The highest BCUT2D eigenvalue weighted by Gasteiger charge is 2.23. The van der Waals surface area contributed by atoms with E-state index >= 15 is 0 Å². The van der Waals surface area contributed by atoms with E-state index in [9.17, 15) is 9.59 Å². The van der Waals surface area contributed by atoms with E-state index in [1.165, 1.54) is 17.5 Å². The van der Waals surface area contributed by atoms with Gasteiger partial charge in [0.05, 0.1) is 11.3 Å². The molecule has 0 spiro atoms. The Balaban J connectivity index is 1.74. The summed E-state index contributed by atoms with van der Waals surface area (Å²) in [4.78, 5) is 33.8. The van der Waals surface area contributed by atoms with Gasteiger partial charge in [0.25, 0.3) is 5.91 Å². The minimum atomic E-state index is -0.728. The first-order valence-electron chi connectivity index (χ1n) is 9.15. The van der Waals surface area contributed by atoms with Gasteiger partial charge < -0.3 is 10.6 Å². The average Bonchev–Trinajstić information content (AvgIpc) is 3.16. The largest absolute Gasteiger partial charge is 0.340 e. The normalized spacial score (nSPS) is 11.6. The molecule has 0 aliphatic heterocycles. The predicted molar refractivity (Wildman–Crippen MR) is 110 cm³/mol. The summed E-state index contributed by atoms with van der Waals surface area (Å²) < 4.78 is 0. The number of hydrogen-bond acceptors (Lipinski definition) is 5. The van der Waals surface area contributed by atoms with Gasteiger partial charge in [0, 0.05) is 24.2 Å². The van der Waals surface area contributed by atoms with E-state index in [0.717, 1.165) is 24.1 Å². The molecule has 0 radical (unpaired) electrons. The molecule has 0 bridgehead atoms. The number of nitrogens with one attached hydrogen (secondary N) is 2. The van der Waals surface area contributed by atoms with Crippen LogP contribution < -0.4 is 10.6 Å². The van der Waals surface area contributed by atoms with E-state index in [4.69, 9.17) is 0 Å². The molecule has 2 heterocycles. The zero-order valence-corrected chi connectivity index (χ0v) is 16.4. The van der Waals surface area contributed by atoms with Crippen molar-refractivity contribution in [1.82, 2.24) is 15.3 Å². The number of aryl methyl sites for hydroxylation is 1. The molecule has 2 amide bonds. The number of carbonyl (C=O) groups excluding carboxylic acids is 2. The van der Waals surface area contributed by atoms with E-state index in [-0.39, 0.29) is 11.8 Å². The number of hydrogen-bond donors (Lipinski definition) is 2. The van der Waals surface area contributed by atoms with Gasteiger partial charge in [-0.1, -0.05) is 43.7 Å². The Bertz CT molecular complexity index is 912. The SMILES string of the molecule is CCCc1csc(NC(=O)[C@H](Cc2ccccc2)NC(=O)c2cccnc2)n1. The van der Waals surface area contributed by atoms with Crippen molar-refractivity contribution in [3.05, 3.63) is 77.1 Å². The van der Waals surface area contributed by atoms with E-state index < -0.39 is 6.04 Å². The van der Waals surface area contributed by atoms with Crippen LogP contribution in [0.2, 0.25) is 0 Å². The first kappa shape index (κ1) is 19.7. The van der Waals surface area contributed by atoms with E-state index in [0.29, 0.717) is 17.1 Å². The van der Waals surface area contributed by atoms with Gasteiger partial charge in [-0.05, 0) is 24.1 Å². The van der Waals surface area contributed by atoms with Crippen molar-refractivity contribution in [3.8, 4) is 0 Å². The summed E-state index contributed by atoms with van der Waals surface area (Å²) in [6.07, 6.45) is 5.32. The van der Waals surface area contributed by atoms with Gasteiger partial charge in [0.15, 0.2) is 5.13 Å². The molecule has 1 aromatic carbocycles. The van der Waals surface area contributed by atoms with Crippen LogP contribution in [0.5, 0.6) is 0 Å². The lowest BCUT2D eigenvalue weighted by atomic mass is 10.0. The smallest absolute Gasteiger partial charge is 0.253 e. The molecule has 0 aliphatic carbocycles. The monoisotopic (exact) mass is 394 g/mol. The maximum atomic E-state index is 12.9. The Morgan fingerprint density at radius 2 is 1.96 bits per heavy atom. The van der Waals surface area contributed by atoms with Crippen molar-refractivity contribution in [3.63, 3.8) is 0 Å². The predicted octanol–water partition coefficient (Wildman–Crippen LogP) is 3.47. The first-order valence-corrected chi connectivity index (χ1v) is 10.0. The fraction of sp³-hybridized carbons (Fsp3) is 0.238. The number of amides is 2. The first-order chi connectivity index (χ1) is 13.7. The van der Waals surface area contributed by atoms with Gasteiger partial charge in [-0.2, -0.15) is 0 Å². The van der Waals surface area contributed by atoms with Crippen LogP contribution in [0.1, 0.15) is 35.0 Å². The van der Waals surface area contributed by atoms with Crippen molar-refractivity contribution in [1.29, 1.82) is 0 Å². The summed E-state index contributed by atoms with van der Waals surface area (Å²) in [6.45, 7) is 2.08. The number of anilines is 1. The summed E-state index contributed by atoms with van der Waals surface area (Å²) in [5, 5.41) is 8.14. The van der Waals surface area contributed by atoms with Gasteiger partial charge in [0.2, 0.25) is 5.91 Å². The lowest BCUT2D eigenvalue weighted by Gasteiger charge is -2.18. The van der Waals surface area contributed by atoms with Gasteiger partial charge in [-0.25, -0.2) is 4.98 Å². The third kappa shape index (κ3) is 5.47. The van der Waals surface area contributed by atoms with Crippen LogP contribution in [0.15, 0.2) is 60.2 Å². The van der Waals surface area contributed by atoms with Crippen molar-refractivity contribution in [2.75, 3.05) is 5.32 Å². The van der Waals surface area contributed by atoms with E-state index in [2.05, 4.69) is 27.5 Å². The van der Waals surface area contributed by atoms with Crippen LogP contribution >= 0.6 is 11.3 Å². The fourth-order valence-corrected chi connectivity index (χ4v) is 3.47. The summed E-state index contributed by atoms with van der Waals surface area (Å²) in [5.74, 6) is -0.631. The highest BCUT2D eigenvalue weighted by molar-refractivity contribution is 7.13. The molecule has 0 unspecified atom stereocenters. The Morgan fingerprint density at radius 1 is 1.14 bits per heavy atom. The second kappa shape index (κ2) is 9.75. The minimum absolute atomic E-state index is 0.293. The molecule has 28 heavy (non-hydrogen) atoms. The summed E-state index contributed by atoms with van der Waals surface area (Å²) in [6, 6.07) is 12.2. The Labute approximate surface area is 168 Å². The molecule has 3 rings (SSSR count).